The van der Waals surface area contributed by atoms with Crippen molar-refractivity contribution in [1.82, 2.24) is 9.97 Å². The number of rotatable bonds is 3. The average Bonchev–Trinajstić information content (AvgIpc) is 2.67. The summed E-state index contributed by atoms with van der Waals surface area (Å²) < 4.78 is 5.30. The van der Waals surface area contributed by atoms with Gasteiger partial charge in [-0.25, -0.2) is 4.98 Å². The Morgan fingerprint density at radius 1 is 1.43 bits per heavy atom. The van der Waals surface area contributed by atoms with E-state index in [4.69, 9.17) is 4.74 Å². The Labute approximate surface area is 83.7 Å². The maximum absolute atomic E-state index is 5.30. The lowest BCUT2D eigenvalue weighted by atomic mass is 10.2. The third kappa shape index (κ3) is 2.20. The molecule has 0 bridgehead atoms. The fraction of sp³-hybridized carbons (Fsp3) is 0.600. The normalized spacial score (nSPS) is 26.4. The Balaban J connectivity index is 1.88. The van der Waals surface area contributed by atoms with Gasteiger partial charge in [0, 0.05) is 25.5 Å². The number of nitrogens with zero attached hydrogens (tertiary/aromatic N) is 2. The minimum Gasteiger partial charge on any atom is -0.381 e. The van der Waals surface area contributed by atoms with Crippen molar-refractivity contribution in [2.24, 2.45) is 0 Å². The van der Waals surface area contributed by atoms with Gasteiger partial charge in [0.1, 0.15) is 5.82 Å². The summed E-state index contributed by atoms with van der Waals surface area (Å²) >= 11 is 0. The molecule has 1 aliphatic carbocycles. The van der Waals surface area contributed by atoms with E-state index in [2.05, 4.69) is 15.3 Å². The Morgan fingerprint density at radius 2 is 2.36 bits per heavy atom. The van der Waals surface area contributed by atoms with Crippen LogP contribution in [0.2, 0.25) is 0 Å². The molecule has 1 fully saturated rings. The van der Waals surface area contributed by atoms with Gasteiger partial charge in [-0.3, -0.25) is 4.98 Å². The van der Waals surface area contributed by atoms with Crippen molar-refractivity contribution in [3.05, 3.63) is 18.6 Å². The summed E-state index contributed by atoms with van der Waals surface area (Å²) in [4.78, 5) is 8.19. The van der Waals surface area contributed by atoms with Crippen LogP contribution in [0, 0.1) is 0 Å². The van der Waals surface area contributed by atoms with E-state index in [1.54, 1.807) is 25.7 Å². The van der Waals surface area contributed by atoms with E-state index < -0.39 is 0 Å². The van der Waals surface area contributed by atoms with Crippen molar-refractivity contribution < 1.29 is 4.74 Å². The van der Waals surface area contributed by atoms with Crippen molar-refractivity contribution >= 4 is 5.82 Å². The fourth-order valence-corrected chi connectivity index (χ4v) is 1.87. The van der Waals surface area contributed by atoms with Crippen molar-refractivity contribution in [3.63, 3.8) is 0 Å². The van der Waals surface area contributed by atoms with E-state index >= 15 is 0 Å². The van der Waals surface area contributed by atoms with E-state index in [0.717, 1.165) is 25.1 Å². The van der Waals surface area contributed by atoms with Crippen LogP contribution in [0.3, 0.4) is 0 Å². The molecule has 0 amide bonds. The highest BCUT2D eigenvalue weighted by Gasteiger charge is 2.24. The molecule has 1 N–H and O–H groups in total. The predicted molar refractivity (Wildman–Crippen MR) is 54.1 cm³/mol. The van der Waals surface area contributed by atoms with E-state index in [0.29, 0.717) is 12.1 Å². The highest BCUT2D eigenvalue weighted by atomic mass is 16.5. The third-order valence-corrected chi connectivity index (χ3v) is 2.63. The minimum absolute atomic E-state index is 0.407. The number of aromatic nitrogens is 2. The molecular formula is C10H15N3O. The second-order valence-corrected chi connectivity index (χ2v) is 3.60. The van der Waals surface area contributed by atoms with Crippen molar-refractivity contribution in [2.45, 2.75) is 31.4 Å². The van der Waals surface area contributed by atoms with Gasteiger partial charge in [-0.1, -0.05) is 0 Å². The van der Waals surface area contributed by atoms with Crippen LogP contribution >= 0.6 is 0 Å². The molecule has 0 aromatic carbocycles. The predicted octanol–water partition coefficient (Wildman–Crippen LogP) is 1.46. The summed E-state index contributed by atoms with van der Waals surface area (Å²) in [6, 6.07) is 0.483. The first-order valence-corrected chi connectivity index (χ1v) is 4.94. The van der Waals surface area contributed by atoms with Gasteiger partial charge in [0.15, 0.2) is 0 Å². The van der Waals surface area contributed by atoms with Gasteiger partial charge in [0.2, 0.25) is 0 Å². The van der Waals surface area contributed by atoms with E-state index in [1.165, 1.54) is 0 Å². The molecule has 14 heavy (non-hydrogen) atoms. The number of nitrogens with one attached hydrogen (secondary N) is 1. The number of hydrogen-bond acceptors (Lipinski definition) is 4. The summed E-state index contributed by atoms with van der Waals surface area (Å²) in [6.45, 7) is 0. The molecule has 4 heteroatoms. The van der Waals surface area contributed by atoms with E-state index in [1.807, 2.05) is 0 Å². The molecule has 2 unspecified atom stereocenters. The standard InChI is InChI=1S/C10H15N3O/c1-14-9-3-2-8(6-9)13-10-7-11-4-5-12-10/h4-5,7-9H,2-3,6H2,1H3,(H,12,13). The second kappa shape index (κ2) is 4.37. The summed E-state index contributed by atoms with van der Waals surface area (Å²) in [5.41, 5.74) is 0. The largest absolute Gasteiger partial charge is 0.381 e. The van der Waals surface area contributed by atoms with Crippen molar-refractivity contribution in [1.29, 1.82) is 0 Å². The first-order chi connectivity index (χ1) is 6.88. The molecule has 2 atom stereocenters. The highest BCUT2D eigenvalue weighted by molar-refractivity contribution is 5.31. The molecule has 1 heterocycles. The molecule has 2 rings (SSSR count). The zero-order valence-corrected chi connectivity index (χ0v) is 8.31. The Hall–Kier alpha value is -1.16. The van der Waals surface area contributed by atoms with Gasteiger partial charge in [-0.15, -0.1) is 0 Å². The smallest absolute Gasteiger partial charge is 0.144 e. The number of hydrogen-bond donors (Lipinski definition) is 1. The van der Waals surface area contributed by atoms with Crippen LogP contribution in [0.15, 0.2) is 18.6 Å². The van der Waals surface area contributed by atoms with Gasteiger partial charge in [0.25, 0.3) is 0 Å². The van der Waals surface area contributed by atoms with Gasteiger partial charge >= 0.3 is 0 Å². The lowest BCUT2D eigenvalue weighted by Crippen LogP contribution is -2.17. The molecule has 1 aromatic rings. The maximum atomic E-state index is 5.30. The molecular weight excluding hydrogens is 178 g/mol. The summed E-state index contributed by atoms with van der Waals surface area (Å²) in [5.74, 6) is 0.856. The monoisotopic (exact) mass is 193 g/mol. The molecule has 4 nitrogen and oxygen atoms in total. The molecule has 0 aliphatic heterocycles. The van der Waals surface area contributed by atoms with Crippen molar-refractivity contribution in [2.75, 3.05) is 12.4 Å². The molecule has 1 aliphatic rings. The molecule has 76 valence electrons. The van der Waals surface area contributed by atoms with Crippen LogP contribution in [-0.2, 0) is 4.74 Å². The van der Waals surface area contributed by atoms with Gasteiger partial charge in [-0.05, 0) is 19.3 Å². The summed E-state index contributed by atoms with van der Waals surface area (Å²) in [5, 5.41) is 3.35. The zero-order valence-electron chi connectivity index (χ0n) is 8.31. The number of ether oxygens (including phenoxy) is 1. The first-order valence-electron chi connectivity index (χ1n) is 4.94. The Bertz CT molecular complexity index is 278. The fourth-order valence-electron chi connectivity index (χ4n) is 1.87. The molecule has 0 saturated heterocycles. The summed E-state index contributed by atoms with van der Waals surface area (Å²) in [6.07, 6.45) is 8.88. The van der Waals surface area contributed by atoms with Crippen LogP contribution in [0.5, 0.6) is 0 Å². The lowest BCUT2D eigenvalue weighted by molar-refractivity contribution is 0.108. The summed E-state index contributed by atoms with van der Waals surface area (Å²) in [7, 11) is 1.77. The first kappa shape index (κ1) is 9.40. The van der Waals surface area contributed by atoms with E-state index in [9.17, 15) is 0 Å². The van der Waals surface area contributed by atoms with Gasteiger partial charge in [0.05, 0.1) is 12.3 Å². The maximum Gasteiger partial charge on any atom is 0.144 e. The van der Waals surface area contributed by atoms with Crippen LogP contribution in [0.1, 0.15) is 19.3 Å². The van der Waals surface area contributed by atoms with Crippen LogP contribution in [0.25, 0.3) is 0 Å². The van der Waals surface area contributed by atoms with Gasteiger partial charge in [-0.2, -0.15) is 0 Å². The third-order valence-electron chi connectivity index (χ3n) is 2.63. The van der Waals surface area contributed by atoms with E-state index in [-0.39, 0.29) is 0 Å². The SMILES string of the molecule is COC1CCC(Nc2cnccn2)C1. The minimum atomic E-state index is 0.407. The van der Waals surface area contributed by atoms with Crippen LogP contribution < -0.4 is 5.32 Å². The average molecular weight is 193 g/mol. The van der Waals surface area contributed by atoms with Crippen LogP contribution in [0.4, 0.5) is 5.82 Å². The quantitative estimate of drug-likeness (QED) is 0.789. The lowest BCUT2D eigenvalue weighted by Gasteiger charge is -2.12. The van der Waals surface area contributed by atoms with Crippen LogP contribution in [-0.4, -0.2) is 29.2 Å². The Kier molecular flexibility index (Phi) is 2.93. The van der Waals surface area contributed by atoms with Gasteiger partial charge < -0.3 is 10.1 Å². The second-order valence-electron chi connectivity index (χ2n) is 3.60. The number of anilines is 1. The zero-order chi connectivity index (χ0) is 9.80. The Morgan fingerprint density at radius 3 is 3.00 bits per heavy atom. The topological polar surface area (TPSA) is 47.0 Å². The molecule has 0 radical (unpaired) electrons. The highest BCUT2D eigenvalue weighted by Crippen LogP contribution is 2.23. The number of methoxy groups -OCH3 is 1. The van der Waals surface area contributed by atoms with Crippen molar-refractivity contribution in [3.8, 4) is 0 Å². The molecule has 0 spiro atoms. The molecule has 1 saturated carbocycles. The molecule has 1 aromatic heterocycles.